The molecule has 0 aliphatic rings. The molecule has 2 unspecified atom stereocenters. The minimum Gasteiger partial charge on any atom is -0.466 e. The molecule has 0 radical (unpaired) electrons. The lowest BCUT2D eigenvalue weighted by atomic mass is 10.0. The van der Waals surface area contributed by atoms with Gasteiger partial charge in [-0.05, 0) is 57.8 Å². The van der Waals surface area contributed by atoms with Crippen LogP contribution in [0.2, 0.25) is 0 Å². The summed E-state index contributed by atoms with van der Waals surface area (Å²) in [5.74, 6) is -0.0742. The van der Waals surface area contributed by atoms with Gasteiger partial charge in [-0.2, -0.15) is 0 Å². The number of carbonyl (C=O) groups excluding carboxylic acids is 2. The van der Waals surface area contributed by atoms with E-state index in [4.69, 9.17) is 4.74 Å². The summed E-state index contributed by atoms with van der Waals surface area (Å²) in [5.41, 5.74) is 0. The van der Waals surface area contributed by atoms with Gasteiger partial charge in [0.2, 0.25) is 5.91 Å². The third kappa shape index (κ3) is 53.5. The first kappa shape index (κ1) is 65.3. The fourth-order valence-electron chi connectivity index (χ4n) is 9.34. The molecule has 0 rings (SSSR count). The maximum absolute atomic E-state index is 12.5. The predicted octanol–water partition coefficient (Wildman–Crippen LogP) is 18.6. The van der Waals surface area contributed by atoms with E-state index < -0.39 is 12.1 Å². The number of rotatable bonds is 56. The molecule has 0 saturated carbocycles. The van der Waals surface area contributed by atoms with Gasteiger partial charge in [-0.15, -0.1) is 0 Å². The number of ether oxygens (including phenoxy) is 1. The maximum atomic E-state index is 12.5. The molecule has 6 heteroatoms. The van der Waals surface area contributed by atoms with Crippen LogP contribution in [0.25, 0.3) is 0 Å². The highest BCUT2D eigenvalue weighted by atomic mass is 16.5. The SMILES string of the molecule is CCCCCCCC/C=C\CCCCCCCC(=O)OCCCCCCCCCCCCCCCCCCCC(=O)NC(CO)C(O)/C=C/CCCCCCCCCCCCCCCCCC. The molecular weight excluding hydrogens is 827 g/mol. The van der Waals surface area contributed by atoms with Crippen LogP contribution in [0.3, 0.4) is 0 Å². The van der Waals surface area contributed by atoms with Gasteiger partial charge >= 0.3 is 5.97 Å². The number of carbonyl (C=O) groups is 2. The lowest BCUT2D eigenvalue weighted by Crippen LogP contribution is -2.45. The van der Waals surface area contributed by atoms with E-state index >= 15 is 0 Å². The summed E-state index contributed by atoms with van der Waals surface area (Å²) in [4.78, 5) is 24.5. The first-order valence-electron chi connectivity index (χ1n) is 30.1. The molecule has 0 aliphatic carbocycles. The third-order valence-corrected chi connectivity index (χ3v) is 14.0. The molecule has 396 valence electrons. The number of allylic oxidation sites excluding steroid dienone is 3. The zero-order valence-corrected chi connectivity index (χ0v) is 45.1. The maximum Gasteiger partial charge on any atom is 0.305 e. The number of aliphatic hydroxyl groups excluding tert-OH is 2. The molecule has 0 heterocycles. The number of hydrogen-bond donors (Lipinski definition) is 3. The van der Waals surface area contributed by atoms with Gasteiger partial charge < -0.3 is 20.3 Å². The van der Waals surface area contributed by atoms with Gasteiger partial charge in [-0.25, -0.2) is 0 Å². The summed E-state index contributed by atoms with van der Waals surface area (Å²) in [7, 11) is 0. The molecule has 0 aliphatic heterocycles. The molecule has 6 nitrogen and oxygen atoms in total. The van der Waals surface area contributed by atoms with Crippen molar-refractivity contribution in [1.82, 2.24) is 5.32 Å². The number of amides is 1. The second kappa shape index (κ2) is 56.9. The Bertz CT molecular complexity index is 1040. The van der Waals surface area contributed by atoms with Crippen molar-refractivity contribution in [3.63, 3.8) is 0 Å². The Labute approximate surface area is 418 Å². The predicted molar refractivity (Wildman–Crippen MR) is 292 cm³/mol. The Kier molecular flexibility index (Phi) is 55.5. The quantitative estimate of drug-likeness (QED) is 0.0321. The standard InChI is InChI=1S/C61H117NO5/c1-3-5-7-9-11-13-15-17-19-20-22-26-29-33-37-41-45-49-53-59(64)58(57-63)62-60(65)54-50-46-42-38-34-30-27-23-21-24-28-32-36-40-44-48-52-56-67-61(66)55-51-47-43-39-35-31-25-18-16-14-12-10-8-6-4-2/h18,25,49,53,58-59,63-64H,3-17,19-24,26-48,50-52,54-57H2,1-2H3,(H,62,65)/b25-18-,53-49+. The highest BCUT2D eigenvalue weighted by Crippen LogP contribution is 2.17. The van der Waals surface area contributed by atoms with E-state index in [2.05, 4.69) is 31.3 Å². The van der Waals surface area contributed by atoms with Crippen LogP contribution < -0.4 is 5.32 Å². The van der Waals surface area contributed by atoms with Crippen molar-refractivity contribution in [3.8, 4) is 0 Å². The average Bonchev–Trinajstić information content (AvgIpc) is 3.33. The summed E-state index contributed by atoms with van der Waals surface area (Å²) < 4.78 is 5.48. The summed E-state index contributed by atoms with van der Waals surface area (Å²) >= 11 is 0. The van der Waals surface area contributed by atoms with E-state index in [1.807, 2.05) is 6.08 Å². The zero-order chi connectivity index (χ0) is 48.6. The van der Waals surface area contributed by atoms with E-state index in [0.717, 1.165) is 44.9 Å². The van der Waals surface area contributed by atoms with Gasteiger partial charge in [0.25, 0.3) is 0 Å². The highest BCUT2D eigenvalue weighted by molar-refractivity contribution is 5.76. The number of hydrogen-bond acceptors (Lipinski definition) is 5. The monoisotopic (exact) mass is 944 g/mol. The second-order valence-electron chi connectivity index (χ2n) is 20.7. The van der Waals surface area contributed by atoms with E-state index in [1.54, 1.807) is 6.08 Å². The van der Waals surface area contributed by atoms with Crippen molar-refractivity contribution in [2.45, 2.75) is 341 Å². The van der Waals surface area contributed by atoms with Gasteiger partial charge in [-0.1, -0.05) is 282 Å². The van der Waals surface area contributed by atoms with Crippen LogP contribution in [-0.2, 0) is 14.3 Å². The molecular formula is C61H117NO5. The van der Waals surface area contributed by atoms with Gasteiger partial charge in [-0.3, -0.25) is 9.59 Å². The summed E-state index contributed by atoms with van der Waals surface area (Å²) in [5, 5.41) is 23.2. The minimum atomic E-state index is -0.848. The second-order valence-corrected chi connectivity index (χ2v) is 20.7. The summed E-state index contributed by atoms with van der Waals surface area (Å²) in [6.07, 6.45) is 69.1. The van der Waals surface area contributed by atoms with Crippen LogP contribution in [0.15, 0.2) is 24.3 Å². The van der Waals surface area contributed by atoms with Gasteiger partial charge in [0, 0.05) is 12.8 Å². The molecule has 0 fully saturated rings. The molecule has 0 aromatic carbocycles. The number of aliphatic hydroxyl groups is 2. The van der Waals surface area contributed by atoms with Crippen LogP contribution in [0.1, 0.15) is 328 Å². The third-order valence-electron chi connectivity index (χ3n) is 14.0. The number of nitrogens with one attached hydrogen (secondary N) is 1. The molecule has 0 saturated heterocycles. The Morgan fingerprint density at radius 1 is 0.403 bits per heavy atom. The Morgan fingerprint density at radius 2 is 0.701 bits per heavy atom. The lowest BCUT2D eigenvalue weighted by molar-refractivity contribution is -0.143. The summed E-state index contributed by atoms with van der Waals surface area (Å²) in [6.45, 7) is 4.90. The average molecular weight is 945 g/mol. The van der Waals surface area contributed by atoms with Crippen molar-refractivity contribution in [2.75, 3.05) is 13.2 Å². The van der Waals surface area contributed by atoms with Gasteiger partial charge in [0.15, 0.2) is 0 Å². The zero-order valence-electron chi connectivity index (χ0n) is 45.1. The van der Waals surface area contributed by atoms with Crippen molar-refractivity contribution in [3.05, 3.63) is 24.3 Å². The molecule has 1 amide bonds. The molecule has 3 N–H and O–H groups in total. The van der Waals surface area contributed by atoms with E-state index in [0.29, 0.717) is 19.4 Å². The number of esters is 1. The fourth-order valence-corrected chi connectivity index (χ4v) is 9.34. The molecule has 0 aromatic heterocycles. The van der Waals surface area contributed by atoms with Crippen LogP contribution >= 0.6 is 0 Å². The van der Waals surface area contributed by atoms with Crippen molar-refractivity contribution >= 4 is 11.9 Å². The summed E-state index contributed by atoms with van der Waals surface area (Å²) in [6, 6.07) is -0.632. The first-order chi connectivity index (χ1) is 33.0. The highest BCUT2D eigenvalue weighted by Gasteiger charge is 2.18. The lowest BCUT2D eigenvalue weighted by Gasteiger charge is -2.20. The minimum absolute atomic E-state index is 0.00306. The topological polar surface area (TPSA) is 95.9 Å². The fraction of sp³-hybridized carbons (Fsp3) is 0.902. The van der Waals surface area contributed by atoms with Crippen LogP contribution in [0.5, 0.6) is 0 Å². The Balaban J connectivity index is 3.45. The van der Waals surface area contributed by atoms with E-state index in [9.17, 15) is 19.8 Å². The molecule has 2 atom stereocenters. The first-order valence-corrected chi connectivity index (χ1v) is 30.1. The molecule has 0 spiro atoms. The molecule has 67 heavy (non-hydrogen) atoms. The van der Waals surface area contributed by atoms with E-state index in [1.165, 1.54) is 257 Å². The smallest absolute Gasteiger partial charge is 0.305 e. The molecule has 0 aromatic rings. The van der Waals surface area contributed by atoms with Gasteiger partial charge in [0.05, 0.1) is 25.4 Å². The van der Waals surface area contributed by atoms with E-state index in [-0.39, 0.29) is 18.5 Å². The Morgan fingerprint density at radius 3 is 1.06 bits per heavy atom. The normalized spacial score (nSPS) is 12.7. The van der Waals surface area contributed by atoms with Crippen molar-refractivity contribution in [1.29, 1.82) is 0 Å². The largest absolute Gasteiger partial charge is 0.466 e. The van der Waals surface area contributed by atoms with Crippen LogP contribution in [0, 0.1) is 0 Å². The van der Waals surface area contributed by atoms with Crippen molar-refractivity contribution < 1.29 is 24.5 Å². The Hall–Kier alpha value is -1.66. The number of unbranched alkanes of at least 4 members (excludes halogenated alkanes) is 43. The molecule has 0 bridgehead atoms. The van der Waals surface area contributed by atoms with Crippen molar-refractivity contribution in [2.24, 2.45) is 0 Å². The van der Waals surface area contributed by atoms with Gasteiger partial charge in [0.1, 0.15) is 0 Å². The van der Waals surface area contributed by atoms with Crippen LogP contribution in [0.4, 0.5) is 0 Å². The van der Waals surface area contributed by atoms with Crippen LogP contribution in [-0.4, -0.2) is 47.4 Å².